The van der Waals surface area contributed by atoms with Gasteiger partial charge in [0, 0.05) is 18.9 Å². The highest BCUT2D eigenvalue weighted by atomic mass is 19.4. The first kappa shape index (κ1) is 18.8. The molecule has 0 spiro atoms. The first-order chi connectivity index (χ1) is 11.9. The van der Waals surface area contributed by atoms with E-state index in [0.29, 0.717) is 17.9 Å². The quantitative estimate of drug-likeness (QED) is 0.687. The maximum absolute atomic E-state index is 13.1. The lowest BCUT2D eigenvalue weighted by Crippen LogP contribution is -2.17. The number of aromatic nitrogens is 2. The third-order valence-corrected chi connectivity index (χ3v) is 3.54. The minimum Gasteiger partial charge on any atom is -0.497 e. The lowest BCUT2D eigenvalue weighted by molar-refractivity contribution is -0.139. The second-order valence-electron chi connectivity index (χ2n) is 5.35. The van der Waals surface area contributed by atoms with Crippen molar-refractivity contribution in [1.82, 2.24) is 9.97 Å². The van der Waals surface area contributed by atoms with E-state index < -0.39 is 17.6 Å². The van der Waals surface area contributed by atoms with Gasteiger partial charge in [-0.2, -0.15) is 18.2 Å². The van der Waals surface area contributed by atoms with Crippen LogP contribution in [0.5, 0.6) is 11.6 Å². The molecular formula is C17H20F3N3O2. The molecule has 0 atom stereocenters. The molecule has 0 aliphatic heterocycles. The van der Waals surface area contributed by atoms with Crippen LogP contribution in [-0.2, 0) is 6.18 Å². The summed E-state index contributed by atoms with van der Waals surface area (Å²) in [6, 6.07) is 7.01. The van der Waals surface area contributed by atoms with Crippen molar-refractivity contribution >= 4 is 11.6 Å². The molecule has 0 saturated carbocycles. The zero-order chi connectivity index (χ0) is 18.4. The summed E-state index contributed by atoms with van der Waals surface area (Å²) in [7, 11) is 3.22. The third-order valence-electron chi connectivity index (χ3n) is 3.54. The molecule has 1 aromatic carbocycles. The van der Waals surface area contributed by atoms with Gasteiger partial charge >= 0.3 is 6.18 Å². The van der Waals surface area contributed by atoms with Crippen LogP contribution in [-0.4, -0.2) is 30.7 Å². The predicted molar refractivity (Wildman–Crippen MR) is 88.5 cm³/mol. The highest BCUT2D eigenvalue weighted by molar-refractivity contribution is 5.58. The van der Waals surface area contributed by atoms with Gasteiger partial charge < -0.3 is 14.4 Å². The van der Waals surface area contributed by atoms with Crippen LogP contribution in [0.25, 0.3) is 0 Å². The smallest absolute Gasteiger partial charge is 0.423 e. The highest BCUT2D eigenvalue weighted by Crippen LogP contribution is 2.36. The summed E-state index contributed by atoms with van der Waals surface area (Å²) in [5, 5.41) is 0. The van der Waals surface area contributed by atoms with Crippen molar-refractivity contribution in [2.45, 2.75) is 25.9 Å². The second-order valence-corrected chi connectivity index (χ2v) is 5.35. The number of halogens is 3. The molecule has 0 saturated heterocycles. The van der Waals surface area contributed by atoms with E-state index in [1.807, 2.05) is 6.92 Å². The fourth-order valence-electron chi connectivity index (χ4n) is 2.06. The Morgan fingerprint density at radius 3 is 2.40 bits per heavy atom. The summed E-state index contributed by atoms with van der Waals surface area (Å²) in [5.41, 5.74) is -0.268. The van der Waals surface area contributed by atoms with E-state index in [-0.39, 0.29) is 12.6 Å². The van der Waals surface area contributed by atoms with Gasteiger partial charge in [0.05, 0.1) is 13.7 Å². The van der Waals surface area contributed by atoms with Gasteiger partial charge in [-0.3, -0.25) is 0 Å². The Labute approximate surface area is 144 Å². The van der Waals surface area contributed by atoms with Gasteiger partial charge in [-0.25, -0.2) is 4.98 Å². The van der Waals surface area contributed by atoms with Gasteiger partial charge in [-0.15, -0.1) is 0 Å². The molecule has 0 radical (unpaired) electrons. The zero-order valence-electron chi connectivity index (χ0n) is 14.3. The number of methoxy groups -OCH3 is 1. The summed E-state index contributed by atoms with van der Waals surface area (Å²) in [4.78, 5) is 9.38. The van der Waals surface area contributed by atoms with Crippen LogP contribution < -0.4 is 14.4 Å². The Balaban J connectivity index is 2.31. The minimum absolute atomic E-state index is 0.115. The SMILES string of the molecule is CCCCOc1nc(N(C)c2ccc(OC)cc2)ncc1C(F)(F)F. The molecule has 0 aliphatic rings. The Hall–Kier alpha value is -2.51. The second kappa shape index (κ2) is 8.04. The van der Waals surface area contributed by atoms with Crippen molar-refractivity contribution in [2.24, 2.45) is 0 Å². The summed E-state index contributed by atoms with van der Waals surface area (Å²) in [6.45, 7) is 2.10. The minimum atomic E-state index is -4.57. The standard InChI is InChI=1S/C17H20F3N3O2/c1-4-5-10-25-15-14(17(18,19)20)11-21-16(22-15)23(2)12-6-8-13(24-3)9-7-12/h6-9,11H,4-5,10H2,1-3H3. The zero-order valence-corrected chi connectivity index (χ0v) is 14.3. The third kappa shape index (κ3) is 4.74. The topological polar surface area (TPSA) is 47.5 Å². The molecule has 1 heterocycles. The number of alkyl halides is 3. The van der Waals surface area contributed by atoms with E-state index in [1.165, 1.54) is 0 Å². The van der Waals surface area contributed by atoms with Crippen molar-refractivity contribution in [3.05, 3.63) is 36.0 Å². The van der Waals surface area contributed by atoms with Crippen LogP contribution in [0.1, 0.15) is 25.3 Å². The van der Waals surface area contributed by atoms with Crippen molar-refractivity contribution in [1.29, 1.82) is 0 Å². The molecule has 2 rings (SSSR count). The highest BCUT2D eigenvalue weighted by Gasteiger charge is 2.36. The maximum atomic E-state index is 13.1. The van der Waals surface area contributed by atoms with E-state index in [4.69, 9.17) is 9.47 Å². The van der Waals surface area contributed by atoms with Crippen molar-refractivity contribution in [3.63, 3.8) is 0 Å². The average molecular weight is 355 g/mol. The molecule has 136 valence electrons. The van der Waals surface area contributed by atoms with E-state index in [2.05, 4.69) is 9.97 Å². The van der Waals surface area contributed by atoms with Crippen LogP contribution in [0.15, 0.2) is 30.5 Å². The lowest BCUT2D eigenvalue weighted by atomic mass is 10.3. The molecular weight excluding hydrogens is 335 g/mol. The van der Waals surface area contributed by atoms with Gasteiger partial charge in [0.15, 0.2) is 0 Å². The monoisotopic (exact) mass is 355 g/mol. The van der Waals surface area contributed by atoms with Crippen LogP contribution in [0.4, 0.5) is 24.8 Å². The Kier molecular flexibility index (Phi) is 6.06. The first-order valence-corrected chi connectivity index (χ1v) is 7.81. The molecule has 0 aliphatic carbocycles. The van der Waals surface area contributed by atoms with Crippen molar-refractivity contribution < 1.29 is 22.6 Å². The van der Waals surface area contributed by atoms with Crippen LogP contribution in [0.3, 0.4) is 0 Å². The van der Waals surface area contributed by atoms with Gasteiger partial charge in [-0.05, 0) is 30.7 Å². The van der Waals surface area contributed by atoms with E-state index in [1.54, 1.807) is 43.3 Å². The van der Waals surface area contributed by atoms with Gasteiger partial charge in [0.25, 0.3) is 0 Å². The van der Waals surface area contributed by atoms with Gasteiger partial charge in [0.1, 0.15) is 11.3 Å². The molecule has 8 heteroatoms. The Morgan fingerprint density at radius 1 is 1.16 bits per heavy atom. The number of hydrogen-bond donors (Lipinski definition) is 0. The molecule has 0 amide bonds. The fraction of sp³-hybridized carbons (Fsp3) is 0.412. The first-order valence-electron chi connectivity index (χ1n) is 7.81. The largest absolute Gasteiger partial charge is 0.497 e. The number of unbranched alkanes of at least 4 members (excludes halogenated alkanes) is 1. The fourth-order valence-corrected chi connectivity index (χ4v) is 2.06. The number of ether oxygens (including phenoxy) is 2. The molecule has 2 aromatic rings. The van der Waals surface area contributed by atoms with Crippen molar-refractivity contribution in [2.75, 3.05) is 25.7 Å². The number of hydrogen-bond acceptors (Lipinski definition) is 5. The summed E-state index contributed by atoms with van der Waals surface area (Å²) in [5.74, 6) is 0.338. The summed E-state index contributed by atoms with van der Waals surface area (Å²) >= 11 is 0. The summed E-state index contributed by atoms with van der Waals surface area (Å²) in [6.07, 6.45) is -2.36. The molecule has 0 fully saturated rings. The molecule has 1 aromatic heterocycles. The lowest BCUT2D eigenvalue weighted by Gasteiger charge is -2.20. The van der Waals surface area contributed by atoms with Crippen LogP contribution in [0.2, 0.25) is 0 Å². The Bertz CT molecular complexity index is 691. The van der Waals surface area contributed by atoms with E-state index in [0.717, 1.165) is 12.6 Å². The van der Waals surface area contributed by atoms with Gasteiger partial charge in [-0.1, -0.05) is 13.3 Å². The normalized spacial score (nSPS) is 11.3. The number of anilines is 2. The average Bonchev–Trinajstić information content (AvgIpc) is 2.60. The molecule has 25 heavy (non-hydrogen) atoms. The Morgan fingerprint density at radius 2 is 1.84 bits per heavy atom. The number of rotatable bonds is 7. The number of benzene rings is 1. The van der Waals surface area contributed by atoms with Crippen molar-refractivity contribution in [3.8, 4) is 11.6 Å². The maximum Gasteiger partial charge on any atom is 0.423 e. The van der Waals surface area contributed by atoms with Crippen LogP contribution in [0, 0.1) is 0 Å². The molecule has 0 unspecified atom stereocenters. The molecule has 0 N–H and O–H groups in total. The van der Waals surface area contributed by atoms with E-state index in [9.17, 15) is 13.2 Å². The van der Waals surface area contributed by atoms with Gasteiger partial charge in [0.2, 0.25) is 11.8 Å². The predicted octanol–water partition coefficient (Wildman–Crippen LogP) is 4.45. The molecule has 0 bridgehead atoms. The van der Waals surface area contributed by atoms with E-state index >= 15 is 0 Å². The summed E-state index contributed by atoms with van der Waals surface area (Å²) < 4.78 is 49.7. The number of nitrogens with zero attached hydrogens (tertiary/aromatic N) is 3. The van der Waals surface area contributed by atoms with Crippen LogP contribution >= 0.6 is 0 Å². The molecule has 5 nitrogen and oxygen atoms in total.